The van der Waals surface area contributed by atoms with Crippen LogP contribution >= 0.6 is 11.3 Å². The minimum atomic E-state index is 0.00800. The maximum Gasteiger partial charge on any atom is 0.0998 e. The number of fused-ring (bicyclic) bond motifs is 9. The second-order valence-corrected chi connectivity index (χ2v) is 13.7. The van der Waals surface area contributed by atoms with Crippen molar-refractivity contribution in [1.29, 1.82) is 10.5 Å². The lowest BCUT2D eigenvalue weighted by atomic mass is 9.80. The number of benzene rings is 5. The smallest absolute Gasteiger partial charge is 0.0998 e. The quantitative estimate of drug-likeness (QED) is 0.200. The SMILES string of the molecule is CC1(C)C2=C(CCC=C2)c2c1ccc1c2sc2ccc(-c3c(C#N)cccc3-n3c4ccccc4c4cc(C#N)ccc43)cc21. The first-order valence-electron chi connectivity index (χ1n) is 15.4. The molecule has 0 fully saturated rings. The average molecular weight is 594 g/mol. The van der Waals surface area contributed by atoms with Crippen LogP contribution < -0.4 is 0 Å². The summed E-state index contributed by atoms with van der Waals surface area (Å²) < 4.78 is 4.88. The fourth-order valence-electron chi connectivity index (χ4n) is 7.90. The maximum atomic E-state index is 10.4. The van der Waals surface area contributed by atoms with Crippen LogP contribution in [0, 0.1) is 22.7 Å². The summed E-state index contributed by atoms with van der Waals surface area (Å²) in [4.78, 5) is 0. The summed E-state index contributed by atoms with van der Waals surface area (Å²) in [5.74, 6) is 0. The Hall–Kier alpha value is -5.42. The topological polar surface area (TPSA) is 52.5 Å². The summed E-state index contributed by atoms with van der Waals surface area (Å²) in [7, 11) is 0. The molecule has 2 aliphatic carbocycles. The minimum absolute atomic E-state index is 0.00800. The molecule has 3 nitrogen and oxygen atoms in total. The van der Waals surface area contributed by atoms with Gasteiger partial charge in [-0.3, -0.25) is 0 Å². The second kappa shape index (κ2) is 9.29. The van der Waals surface area contributed by atoms with E-state index in [4.69, 9.17) is 0 Å². The summed E-state index contributed by atoms with van der Waals surface area (Å²) in [6.07, 6.45) is 6.86. The Morgan fingerprint density at radius 3 is 2.49 bits per heavy atom. The molecule has 2 aromatic heterocycles. The van der Waals surface area contributed by atoms with Gasteiger partial charge in [0.1, 0.15) is 0 Å². The summed E-state index contributed by atoms with van der Waals surface area (Å²) in [6.45, 7) is 4.72. The standard InChI is InChI=1S/C41H27N3S/c1-41(2)32-11-5-3-10-29(32)39-33(41)17-16-28-31-21-25(15-19-37(31)45-40(28)39)38-26(23-43)8-7-13-36(38)44-34-12-6-4-9-27(34)30-20-24(22-42)14-18-35(30)44/h4-9,11-21H,3,10H2,1-2H3. The molecule has 0 bridgehead atoms. The number of rotatable bonds is 2. The van der Waals surface area contributed by atoms with Crippen LogP contribution in [0.15, 0.2) is 109 Å². The van der Waals surface area contributed by atoms with Gasteiger partial charge >= 0.3 is 0 Å². The van der Waals surface area contributed by atoms with Crippen molar-refractivity contribution >= 4 is 58.9 Å². The van der Waals surface area contributed by atoms with Gasteiger partial charge < -0.3 is 4.57 Å². The minimum Gasteiger partial charge on any atom is -0.309 e. The lowest BCUT2D eigenvalue weighted by molar-refractivity contribution is 0.652. The molecular weight excluding hydrogens is 567 g/mol. The van der Waals surface area contributed by atoms with Gasteiger partial charge in [0.2, 0.25) is 0 Å². The van der Waals surface area contributed by atoms with Gasteiger partial charge in [0.05, 0.1) is 40.0 Å². The molecule has 2 heterocycles. The van der Waals surface area contributed by atoms with E-state index < -0.39 is 0 Å². The van der Waals surface area contributed by atoms with Crippen molar-refractivity contribution in [3.63, 3.8) is 0 Å². The third kappa shape index (κ3) is 3.49. The van der Waals surface area contributed by atoms with E-state index >= 15 is 0 Å². The summed E-state index contributed by atoms with van der Waals surface area (Å²) in [6, 6.07) is 36.3. The van der Waals surface area contributed by atoms with Gasteiger partial charge in [0.15, 0.2) is 0 Å². The van der Waals surface area contributed by atoms with Crippen molar-refractivity contribution in [3.05, 3.63) is 131 Å². The number of allylic oxidation sites excluding steroid dienone is 4. The first kappa shape index (κ1) is 26.0. The molecule has 0 amide bonds. The van der Waals surface area contributed by atoms with E-state index in [1.807, 2.05) is 53.8 Å². The Morgan fingerprint density at radius 1 is 0.756 bits per heavy atom. The number of nitrogens with zero attached hydrogens (tertiary/aromatic N) is 3. The van der Waals surface area contributed by atoms with Crippen LogP contribution in [-0.4, -0.2) is 4.57 Å². The molecule has 0 aliphatic heterocycles. The third-order valence-corrected chi connectivity index (χ3v) is 11.2. The molecule has 212 valence electrons. The predicted molar refractivity (Wildman–Crippen MR) is 187 cm³/mol. The first-order valence-corrected chi connectivity index (χ1v) is 16.2. The molecule has 0 N–H and O–H groups in total. The number of thiophene rings is 1. The van der Waals surface area contributed by atoms with E-state index in [1.54, 1.807) is 0 Å². The normalized spacial score (nSPS) is 15.1. The predicted octanol–water partition coefficient (Wildman–Crippen LogP) is 11.0. The van der Waals surface area contributed by atoms with Gasteiger partial charge in [-0.2, -0.15) is 10.5 Å². The Kier molecular flexibility index (Phi) is 5.37. The lowest BCUT2D eigenvalue weighted by Gasteiger charge is -2.23. The van der Waals surface area contributed by atoms with Crippen molar-refractivity contribution in [2.24, 2.45) is 0 Å². The van der Waals surface area contributed by atoms with Gasteiger partial charge in [-0.1, -0.05) is 68.5 Å². The van der Waals surface area contributed by atoms with Gasteiger partial charge in [-0.25, -0.2) is 0 Å². The van der Waals surface area contributed by atoms with Crippen LogP contribution in [0.2, 0.25) is 0 Å². The Morgan fingerprint density at radius 2 is 1.62 bits per heavy atom. The zero-order valence-electron chi connectivity index (χ0n) is 25.0. The fraction of sp³-hybridized carbons (Fsp3) is 0.122. The largest absolute Gasteiger partial charge is 0.309 e. The van der Waals surface area contributed by atoms with Crippen molar-refractivity contribution in [2.75, 3.05) is 0 Å². The van der Waals surface area contributed by atoms with E-state index in [2.05, 4.69) is 91.2 Å². The van der Waals surface area contributed by atoms with Crippen molar-refractivity contribution < 1.29 is 0 Å². The van der Waals surface area contributed by atoms with E-state index in [1.165, 1.54) is 42.4 Å². The number of hydrogen-bond acceptors (Lipinski definition) is 3. The Bertz CT molecular complexity index is 2590. The van der Waals surface area contributed by atoms with Crippen molar-refractivity contribution in [1.82, 2.24) is 4.57 Å². The van der Waals surface area contributed by atoms with Crippen molar-refractivity contribution in [2.45, 2.75) is 32.1 Å². The first-order chi connectivity index (χ1) is 22.0. The zero-order chi connectivity index (χ0) is 30.4. The number of aromatic nitrogens is 1. The van der Waals surface area contributed by atoms with Crippen molar-refractivity contribution in [3.8, 4) is 29.0 Å². The van der Waals surface area contributed by atoms with Crippen LogP contribution in [0.25, 0.3) is 64.4 Å². The molecule has 7 aromatic rings. The molecule has 5 aromatic carbocycles. The molecule has 4 heteroatoms. The fourth-order valence-corrected chi connectivity index (χ4v) is 9.15. The highest BCUT2D eigenvalue weighted by Crippen LogP contribution is 2.54. The van der Waals surface area contributed by atoms with Crippen LogP contribution in [-0.2, 0) is 5.41 Å². The molecule has 9 rings (SSSR count). The molecule has 0 saturated carbocycles. The van der Waals surface area contributed by atoms with Crippen LogP contribution in [0.4, 0.5) is 0 Å². The summed E-state index contributed by atoms with van der Waals surface area (Å²) in [5, 5.41) is 24.7. The second-order valence-electron chi connectivity index (χ2n) is 12.6. The molecule has 2 aliphatic rings. The van der Waals surface area contributed by atoms with Crippen LogP contribution in [0.5, 0.6) is 0 Å². The number of hydrogen-bond donors (Lipinski definition) is 0. The van der Waals surface area contributed by atoms with Gasteiger partial charge in [0.25, 0.3) is 0 Å². The van der Waals surface area contributed by atoms with Gasteiger partial charge in [-0.05, 0) is 89.2 Å². The van der Waals surface area contributed by atoms with E-state index in [9.17, 15) is 10.5 Å². The molecule has 0 saturated heterocycles. The zero-order valence-corrected chi connectivity index (χ0v) is 25.8. The molecule has 0 unspecified atom stereocenters. The molecule has 0 radical (unpaired) electrons. The van der Waals surface area contributed by atoms with E-state index in [-0.39, 0.29) is 5.41 Å². The highest BCUT2D eigenvalue weighted by atomic mass is 32.1. The third-order valence-electron chi connectivity index (χ3n) is 9.95. The summed E-state index contributed by atoms with van der Waals surface area (Å²) in [5.41, 5.74) is 12.1. The maximum absolute atomic E-state index is 10.4. The lowest BCUT2D eigenvalue weighted by Crippen LogP contribution is -2.16. The highest BCUT2D eigenvalue weighted by Gasteiger charge is 2.38. The van der Waals surface area contributed by atoms with Crippen LogP contribution in [0.3, 0.4) is 0 Å². The van der Waals surface area contributed by atoms with E-state index in [0.29, 0.717) is 11.1 Å². The molecule has 0 atom stereocenters. The van der Waals surface area contributed by atoms with Gasteiger partial charge in [-0.15, -0.1) is 11.3 Å². The highest BCUT2D eigenvalue weighted by molar-refractivity contribution is 7.26. The number of para-hydroxylation sites is 1. The molecular formula is C41H27N3S. The number of nitriles is 2. The molecule has 45 heavy (non-hydrogen) atoms. The Labute approximate surface area is 265 Å². The summed E-state index contributed by atoms with van der Waals surface area (Å²) >= 11 is 1.89. The van der Waals surface area contributed by atoms with Crippen LogP contribution in [0.1, 0.15) is 48.9 Å². The Balaban J connectivity index is 1.32. The molecule has 0 spiro atoms. The monoisotopic (exact) mass is 593 g/mol. The van der Waals surface area contributed by atoms with Gasteiger partial charge in [0, 0.05) is 41.9 Å². The average Bonchev–Trinajstić information content (AvgIpc) is 3.69. The van der Waals surface area contributed by atoms with E-state index in [0.717, 1.165) is 51.5 Å².